The normalized spacial score (nSPS) is 14.0. The molecule has 88 valence electrons. The minimum Gasteiger partial charge on any atom is -0.595 e. The predicted molar refractivity (Wildman–Crippen MR) is 54.6 cm³/mol. The summed E-state index contributed by atoms with van der Waals surface area (Å²) in [5.74, 6) is 0.187. The van der Waals surface area contributed by atoms with Crippen LogP contribution in [0.5, 0.6) is 5.75 Å². The molecule has 0 amide bonds. The van der Waals surface area contributed by atoms with Gasteiger partial charge in [-0.1, -0.05) is 11.6 Å². The summed E-state index contributed by atoms with van der Waals surface area (Å²) in [6.07, 6.45) is -0.939. The third-order valence-corrected chi connectivity index (χ3v) is 1.65. The van der Waals surface area contributed by atoms with Crippen molar-refractivity contribution in [2.24, 2.45) is 0 Å². The van der Waals surface area contributed by atoms with Crippen LogP contribution in [-0.4, -0.2) is 16.9 Å². The van der Waals surface area contributed by atoms with Gasteiger partial charge in [0.25, 0.3) is 0 Å². The molecule has 0 aromatic heterocycles. The highest BCUT2D eigenvalue weighted by Crippen LogP contribution is 2.14. The summed E-state index contributed by atoms with van der Waals surface area (Å²) in [5, 5.41) is 18.1. The van der Waals surface area contributed by atoms with Gasteiger partial charge < -0.3 is 14.7 Å². The number of halogens is 1. The first-order valence-electron chi connectivity index (χ1n) is 4.35. The monoisotopic (exact) mass is 247 g/mol. The second kappa shape index (κ2) is 5.66. The molecule has 0 aliphatic rings. The third-order valence-electron chi connectivity index (χ3n) is 1.56. The van der Waals surface area contributed by atoms with Crippen molar-refractivity contribution < 1.29 is 24.7 Å². The molecule has 2 N–H and O–H groups in total. The van der Waals surface area contributed by atoms with E-state index in [0.717, 1.165) is 0 Å². The van der Waals surface area contributed by atoms with Crippen molar-refractivity contribution in [3.63, 3.8) is 0 Å². The maximum atomic E-state index is 11.0. The molecule has 0 radical (unpaired) electrons. The molecular formula is C9H10ClNO5. The van der Waals surface area contributed by atoms with Crippen molar-refractivity contribution >= 4 is 23.4 Å². The minimum atomic E-state index is -1.05. The molecular weight excluding hydrogens is 238 g/mol. The Bertz CT molecular complexity index is 351. The fraction of sp³-hybridized carbons (Fsp3) is 0.222. The number of benzene rings is 1. The molecule has 0 aliphatic heterocycles. The van der Waals surface area contributed by atoms with Gasteiger partial charge in [-0.15, -0.1) is 0 Å². The summed E-state index contributed by atoms with van der Waals surface area (Å²) in [4.78, 5) is 11.0. The maximum absolute atomic E-state index is 11.0. The van der Waals surface area contributed by atoms with Crippen LogP contribution in [-0.2, 0) is 4.74 Å². The molecule has 1 aromatic carbocycles. The molecule has 0 spiro atoms. The Morgan fingerprint density at radius 3 is 2.50 bits per heavy atom. The predicted octanol–water partition coefficient (Wildman–Crippen LogP) is 1.19. The standard InChI is InChI=1S/C9H10ClNO5/c1-6(10)15-9(12)16-8-4-2-7(3-5-8)11(13)14/h2-6,11,13H,1H3. The van der Waals surface area contributed by atoms with Crippen LogP contribution in [0.2, 0.25) is 0 Å². The van der Waals surface area contributed by atoms with Gasteiger partial charge in [0.2, 0.25) is 0 Å². The number of nitrogens with one attached hydrogen (secondary N) is 1. The fourth-order valence-corrected chi connectivity index (χ4v) is 0.991. The van der Waals surface area contributed by atoms with Gasteiger partial charge in [0, 0.05) is 12.1 Å². The Balaban J connectivity index is 2.58. The third kappa shape index (κ3) is 4.03. The zero-order chi connectivity index (χ0) is 12.1. The Kier molecular flexibility index (Phi) is 4.51. The van der Waals surface area contributed by atoms with Crippen LogP contribution in [0.4, 0.5) is 10.5 Å². The summed E-state index contributed by atoms with van der Waals surface area (Å²) in [5.41, 5.74) is -0.683. The van der Waals surface area contributed by atoms with Crippen molar-refractivity contribution in [1.82, 2.24) is 0 Å². The van der Waals surface area contributed by atoms with E-state index in [2.05, 4.69) is 4.74 Å². The van der Waals surface area contributed by atoms with Crippen LogP contribution in [0.1, 0.15) is 6.92 Å². The van der Waals surface area contributed by atoms with Crippen molar-refractivity contribution in [2.75, 3.05) is 0 Å². The Morgan fingerprint density at radius 1 is 1.50 bits per heavy atom. The molecule has 1 aromatic rings. The number of alkyl halides is 1. The summed E-state index contributed by atoms with van der Waals surface area (Å²) >= 11 is 5.40. The molecule has 0 fully saturated rings. The van der Waals surface area contributed by atoms with E-state index in [1.54, 1.807) is 0 Å². The first-order chi connectivity index (χ1) is 7.49. The van der Waals surface area contributed by atoms with E-state index in [1.165, 1.54) is 31.2 Å². The van der Waals surface area contributed by atoms with Crippen molar-refractivity contribution in [3.8, 4) is 5.75 Å². The fourth-order valence-electron chi connectivity index (χ4n) is 0.918. The zero-order valence-corrected chi connectivity index (χ0v) is 9.10. The van der Waals surface area contributed by atoms with Gasteiger partial charge in [0.05, 0.1) is 0 Å². The van der Waals surface area contributed by atoms with Crippen LogP contribution in [0, 0.1) is 5.21 Å². The van der Waals surface area contributed by atoms with E-state index >= 15 is 0 Å². The topological polar surface area (TPSA) is 83.3 Å². The summed E-state index contributed by atoms with van der Waals surface area (Å²) < 4.78 is 9.24. The number of rotatable bonds is 3. The summed E-state index contributed by atoms with van der Waals surface area (Å²) in [6, 6.07) is 5.33. The number of carbonyl (C=O) groups is 1. The lowest BCUT2D eigenvalue weighted by atomic mass is 10.3. The Morgan fingerprint density at radius 2 is 2.06 bits per heavy atom. The quantitative estimate of drug-likeness (QED) is 0.363. The lowest BCUT2D eigenvalue weighted by Crippen LogP contribution is -2.99. The Labute approximate surface area is 96.5 Å². The second-order valence-corrected chi connectivity index (χ2v) is 3.46. The molecule has 2 unspecified atom stereocenters. The molecule has 6 nitrogen and oxygen atoms in total. The van der Waals surface area contributed by atoms with Crippen LogP contribution in [0.25, 0.3) is 0 Å². The van der Waals surface area contributed by atoms with Gasteiger partial charge in [0.15, 0.2) is 11.3 Å². The number of hydrogen-bond donors (Lipinski definition) is 2. The first kappa shape index (κ1) is 12.7. The maximum Gasteiger partial charge on any atom is 0.515 e. The molecule has 2 atom stereocenters. The first-order valence-corrected chi connectivity index (χ1v) is 4.78. The molecule has 0 aliphatic carbocycles. The van der Waals surface area contributed by atoms with Gasteiger partial charge in [0.1, 0.15) is 5.75 Å². The van der Waals surface area contributed by atoms with Gasteiger partial charge in [-0.3, -0.25) is 0 Å². The van der Waals surface area contributed by atoms with E-state index in [-0.39, 0.29) is 11.4 Å². The highest BCUT2D eigenvalue weighted by atomic mass is 35.5. The molecule has 0 bridgehead atoms. The summed E-state index contributed by atoms with van der Waals surface area (Å²) in [6.45, 7) is 1.47. The van der Waals surface area contributed by atoms with E-state index in [0.29, 0.717) is 0 Å². The van der Waals surface area contributed by atoms with Gasteiger partial charge in [-0.05, 0) is 19.1 Å². The lowest BCUT2D eigenvalue weighted by Gasteiger charge is -2.11. The zero-order valence-electron chi connectivity index (χ0n) is 8.34. The number of carbonyl (C=O) groups excluding carboxylic acids is 1. The number of hydrogen-bond acceptors (Lipinski definition) is 5. The molecule has 0 saturated carbocycles. The van der Waals surface area contributed by atoms with E-state index in [1.807, 2.05) is 0 Å². The molecule has 1 rings (SSSR count). The van der Waals surface area contributed by atoms with Crippen molar-refractivity contribution in [1.29, 1.82) is 0 Å². The smallest absolute Gasteiger partial charge is 0.515 e. The van der Waals surface area contributed by atoms with Crippen LogP contribution >= 0.6 is 11.6 Å². The molecule has 0 heterocycles. The number of quaternary nitrogens is 1. The van der Waals surface area contributed by atoms with E-state index in [9.17, 15) is 10.0 Å². The highest BCUT2D eigenvalue weighted by molar-refractivity contribution is 6.19. The van der Waals surface area contributed by atoms with Crippen molar-refractivity contribution in [2.45, 2.75) is 12.5 Å². The van der Waals surface area contributed by atoms with Gasteiger partial charge in [-0.25, -0.2) is 10.0 Å². The van der Waals surface area contributed by atoms with Crippen LogP contribution in [0.3, 0.4) is 0 Å². The van der Waals surface area contributed by atoms with E-state index in [4.69, 9.17) is 21.5 Å². The van der Waals surface area contributed by atoms with Gasteiger partial charge >= 0.3 is 6.16 Å². The van der Waals surface area contributed by atoms with Gasteiger partial charge in [-0.2, -0.15) is 5.23 Å². The van der Waals surface area contributed by atoms with E-state index < -0.39 is 16.9 Å². The Hall–Kier alpha value is -1.34. The molecule has 7 heteroatoms. The van der Waals surface area contributed by atoms with Crippen LogP contribution < -0.4 is 9.96 Å². The highest BCUT2D eigenvalue weighted by Gasteiger charge is 2.09. The second-order valence-electron chi connectivity index (χ2n) is 2.84. The molecule has 0 saturated heterocycles. The molecule has 16 heavy (non-hydrogen) atoms. The largest absolute Gasteiger partial charge is 0.595 e. The number of ether oxygens (including phenoxy) is 2. The summed E-state index contributed by atoms with van der Waals surface area (Å²) in [7, 11) is 0. The van der Waals surface area contributed by atoms with Crippen molar-refractivity contribution in [3.05, 3.63) is 29.5 Å². The average Bonchev–Trinajstić information content (AvgIpc) is 2.16. The minimum absolute atomic E-state index is 0.103. The van der Waals surface area contributed by atoms with Crippen LogP contribution in [0.15, 0.2) is 24.3 Å². The average molecular weight is 248 g/mol. The SMILES string of the molecule is CC(Cl)OC(=O)Oc1ccc([NH+]([O-])O)cc1. The lowest BCUT2D eigenvalue weighted by molar-refractivity contribution is -0.991.